The lowest BCUT2D eigenvalue weighted by Gasteiger charge is -2.27. The van der Waals surface area contributed by atoms with Gasteiger partial charge in [-0.3, -0.25) is 0 Å². The van der Waals surface area contributed by atoms with E-state index in [1.54, 1.807) is 24.3 Å². The molecule has 0 atom stereocenters. The van der Waals surface area contributed by atoms with Crippen molar-refractivity contribution in [3.8, 4) is 33.8 Å². The van der Waals surface area contributed by atoms with Crippen LogP contribution in [0, 0.1) is 0 Å². The number of aromatic hydroxyl groups is 2. The normalized spacial score (nSPS) is 11.3. The van der Waals surface area contributed by atoms with Crippen molar-refractivity contribution >= 4 is 11.9 Å². The van der Waals surface area contributed by atoms with Crippen molar-refractivity contribution in [3.05, 3.63) is 107 Å². The third-order valence-electron chi connectivity index (χ3n) is 6.34. The molecule has 35 heavy (non-hydrogen) atoms. The molecule has 0 bridgehead atoms. The van der Waals surface area contributed by atoms with E-state index in [9.17, 15) is 30.0 Å². The van der Waals surface area contributed by atoms with E-state index in [2.05, 4.69) is 0 Å². The largest absolute Gasteiger partial charge is 0.507 e. The Morgan fingerprint density at radius 3 is 1.23 bits per heavy atom. The molecule has 0 spiro atoms. The summed E-state index contributed by atoms with van der Waals surface area (Å²) in [6.07, 6.45) is 0. The molecule has 0 fully saturated rings. The molecule has 0 unspecified atom stereocenters. The first-order valence-corrected chi connectivity index (χ1v) is 10.9. The minimum atomic E-state index is -1.11. The number of carboxylic acids is 2. The highest BCUT2D eigenvalue weighted by molar-refractivity contribution is 5.98. The van der Waals surface area contributed by atoms with Gasteiger partial charge in [-0.25, -0.2) is 9.59 Å². The van der Waals surface area contributed by atoms with E-state index in [0.29, 0.717) is 11.1 Å². The van der Waals surface area contributed by atoms with Gasteiger partial charge in [-0.1, -0.05) is 74.5 Å². The molecular weight excluding hydrogens is 444 g/mol. The van der Waals surface area contributed by atoms with Crippen molar-refractivity contribution in [2.24, 2.45) is 0 Å². The van der Waals surface area contributed by atoms with Gasteiger partial charge in [0.25, 0.3) is 0 Å². The molecule has 4 aromatic carbocycles. The van der Waals surface area contributed by atoms with Crippen LogP contribution in [0.25, 0.3) is 22.3 Å². The van der Waals surface area contributed by atoms with Gasteiger partial charge in [0.05, 0.1) is 11.1 Å². The van der Waals surface area contributed by atoms with Crippen LogP contribution in [0.5, 0.6) is 11.5 Å². The van der Waals surface area contributed by atoms with Crippen molar-refractivity contribution in [2.75, 3.05) is 0 Å². The number of phenolic OH excluding ortho intramolecular Hbond substituents is 2. The Kier molecular flexibility index (Phi) is 6.05. The Bertz CT molecular complexity index is 1310. The minimum Gasteiger partial charge on any atom is -0.507 e. The fourth-order valence-electron chi connectivity index (χ4n) is 4.32. The smallest absolute Gasteiger partial charge is 0.336 e. The van der Waals surface area contributed by atoms with Crippen LogP contribution in [0.3, 0.4) is 0 Å². The average Bonchev–Trinajstić information content (AvgIpc) is 2.84. The molecule has 0 aliphatic carbocycles. The number of hydrogen-bond donors (Lipinski definition) is 4. The van der Waals surface area contributed by atoms with Crippen LogP contribution in [0.15, 0.2) is 84.9 Å². The van der Waals surface area contributed by atoms with Crippen molar-refractivity contribution < 1.29 is 30.0 Å². The van der Waals surface area contributed by atoms with Gasteiger partial charge in [0.15, 0.2) is 0 Å². The van der Waals surface area contributed by atoms with E-state index in [0.717, 1.165) is 11.1 Å². The molecule has 0 amide bonds. The van der Waals surface area contributed by atoms with Crippen LogP contribution in [0.4, 0.5) is 0 Å². The fourth-order valence-corrected chi connectivity index (χ4v) is 4.32. The lowest BCUT2D eigenvalue weighted by Crippen LogP contribution is -2.18. The van der Waals surface area contributed by atoms with E-state index in [1.807, 2.05) is 38.1 Å². The highest BCUT2D eigenvalue weighted by atomic mass is 16.4. The number of carboxylic acid groups (broad SMARTS) is 2. The predicted molar refractivity (Wildman–Crippen MR) is 133 cm³/mol. The Morgan fingerprint density at radius 2 is 0.914 bits per heavy atom. The SMILES string of the molecule is CC(C)(c1ccc(-c2c(O)cccc2C(=O)O)cc1)c1ccc(-c2c(O)cccc2C(=O)O)cc1. The zero-order chi connectivity index (χ0) is 25.3. The lowest BCUT2D eigenvalue weighted by molar-refractivity contribution is 0.0686. The number of carbonyl (C=O) groups is 2. The number of benzene rings is 4. The summed E-state index contributed by atoms with van der Waals surface area (Å²) in [6.45, 7) is 4.09. The molecule has 176 valence electrons. The van der Waals surface area contributed by atoms with Crippen molar-refractivity contribution in [1.29, 1.82) is 0 Å². The summed E-state index contributed by atoms with van der Waals surface area (Å²) in [5.74, 6) is -2.43. The van der Waals surface area contributed by atoms with E-state index in [4.69, 9.17) is 0 Å². The van der Waals surface area contributed by atoms with Crippen LogP contribution in [-0.2, 0) is 5.41 Å². The number of rotatable bonds is 6. The van der Waals surface area contributed by atoms with Crippen LogP contribution in [0.2, 0.25) is 0 Å². The van der Waals surface area contributed by atoms with Crippen molar-refractivity contribution in [2.45, 2.75) is 19.3 Å². The molecule has 4 aromatic rings. The molecule has 4 rings (SSSR count). The van der Waals surface area contributed by atoms with E-state index < -0.39 is 17.4 Å². The third-order valence-corrected chi connectivity index (χ3v) is 6.34. The summed E-state index contributed by atoms with van der Waals surface area (Å²) >= 11 is 0. The first kappa shape index (κ1) is 23.6. The second-order valence-electron chi connectivity index (χ2n) is 8.79. The highest BCUT2D eigenvalue weighted by Gasteiger charge is 2.24. The third kappa shape index (κ3) is 4.34. The van der Waals surface area contributed by atoms with E-state index >= 15 is 0 Å². The van der Waals surface area contributed by atoms with Crippen molar-refractivity contribution in [1.82, 2.24) is 0 Å². The number of aromatic carboxylic acids is 2. The van der Waals surface area contributed by atoms with Gasteiger partial charge in [-0.15, -0.1) is 0 Å². The quantitative estimate of drug-likeness (QED) is 0.270. The zero-order valence-electron chi connectivity index (χ0n) is 19.2. The minimum absolute atomic E-state index is 0.0255. The van der Waals surface area contributed by atoms with Crippen LogP contribution >= 0.6 is 0 Å². The Hall–Kier alpha value is -4.58. The molecule has 6 nitrogen and oxygen atoms in total. The summed E-state index contributed by atoms with van der Waals surface area (Å²) < 4.78 is 0. The van der Waals surface area contributed by atoms with Gasteiger partial charge >= 0.3 is 11.9 Å². The maximum atomic E-state index is 11.6. The molecular formula is C29H24O6. The lowest BCUT2D eigenvalue weighted by atomic mass is 9.77. The summed E-state index contributed by atoms with van der Waals surface area (Å²) in [5, 5.41) is 39.5. The maximum absolute atomic E-state index is 11.6. The average molecular weight is 469 g/mol. The molecule has 0 aliphatic heterocycles. The molecule has 0 heterocycles. The molecule has 0 aromatic heterocycles. The Labute approximate surface area is 202 Å². The summed E-state index contributed by atoms with van der Waals surface area (Å²) in [7, 11) is 0. The van der Waals surface area contributed by atoms with Crippen molar-refractivity contribution in [3.63, 3.8) is 0 Å². The molecule has 6 heteroatoms. The number of phenols is 2. The maximum Gasteiger partial charge on any atom is 0.336 e. The molecule has 4 N–H and O–H groups in total. The van der Waals surface area contributed by atoms with Gasteiger partial charge in [-0.2, -0.15) is 0 Å². The van der Waals surface area contributed by atoms with Crippen LogP contribution in [-0.4, -0.2) is 32.4 Å². The van der Waals surface area contributed by atoms with Gasteiger partial charge in [0.1, 0.15) is 11.5 Å². The van der Waals surface area contributed by atoms with E-state index in [1.165, 1.54) is 36.4 Å². The van der Waals surface area contributed by atoms with Crippen LogP contribution < -0.4 is 0 Å². The van der Waals surface area contributed by atoms with E-state index in [-0.39, 0.29) is 33.8 Å². The Morgan fingerprint density at radius 1 is 0.571 bits per heavy atom. The number of hydrogen-bond acceptors (Lipinski definition) is 4. The summed E-state index contributed by atoms with van der Waals surface area (Å²) in [5.41, 5.74) is 3.28. The molecule has 0 saturated heterocycles. The second-order valence-corrected chi connectivity index (χ2v) is 8.79. The van der Waals surface area contributed by atoms with Gasteiger partial charge in [0.2, 0.25) is 0 Å². The van der Waals surface area contributed by atoms with Gasteiger partial charge < -0.3 is 20.4 Å². The first-order valence-electron chi connectivity index (χ1n) is 10.9. The Balaban J connectivity index is 1.68. The summed E-state index contributed by atoms with van der Waals surface area (Å²) in [4.78, 5) is 23.2. The van der Waals surface area contributed by atoms with Crippen LogP contribution in [0.1, 0.15) is 45.7 Å². The monoisotopic (exact) mass is 468 g/mol. The molecule has 0 saturated carbocycles. The second kappa shape index (κ2) is 8.99. The first-order chi connectivity index (χ1) is 16.6. The molecule has 0 aliphatic rings. The van der Waals surface area contributed by atoms with Gasteiger partial charge in [0, 0.05) is 16.5 Å². The topological polar surface area (TPSA) is 115 Å². The van der Waals surface area contributed by atoms with Gasteiger partial charge in [-0.05, 0) is 46.5 Å². The fraction of sp³-hybridized carbons (Fsp3) is 0.103. The predicted octanol–water partition coefficient (Wildman–Crippen LogP) is 6.15. The molecule has 0 radical (unpaired) electrons. The standard InChI is InChI=1S/C29H24O6/c1-29(2,19-13-9-17(10-14-19)25-21(27(32)33)5-3-7-23(25)30)20-15-11-18(12-16-20)26-22(28(34)35)6-4-8-24(26)31/h3-16,30-31H,1-2H3,(H,32,33)(H,34,35). The summed E-state index contributed by atoms with van der Waals surface area (Å²) in [6, 6.07) is 23.6. The zero-order valence-corrected chi connectivity index (χ0v) is 19.2. The highest BCUT2D eigenvalue weighted by Crippen LogP contribution is 2.38.